The van der Waals surface area contributed by atoms with Gasteiger partial charge in [-0.15, -0.1) is 0 Å². The minimum atomic E-state index is 0.543. The van der Waals surface area contributed by atoms with Gasteiger partial charge >= 0.3 is 0 Å². The van der Waals surface area contributed by atoms with Gasteiger partial charge in [0.15, 0.2) is 34.9 Å². The normalized spacial score (nSPS) is 11.7. The average molecular weight is 1920 g/mol. The van der Waals surface area contributed by atoms with Gasteiger partial charge in [0.2, 0.25) is 17.8 Å². The van der Waals surface area contributed by atoms with Gasteiger partial charge in [-0.3, -0.25) is 13.7 Å². The molecule has 0 aliphatic heterocycles. The maximum atomic E-state index is 6.91. The minimum Gasteiger partial charge on any atom is -0.456 e. The van der Waals surface area contributed by atoms with Gasteiger partial charge in [0, 0.05) is 65.7 Å². The van der Waals surface area contributed by atoms with E-state index in [0.717, 1.165) is 204 Å². The maximum absolute atomic E-state index is 6.91. The van der Waals surface area contributed by atoms with Crippen LogP contribution in [0.3, 0.4) is 0 Å². The Morgan fingerprint density at radius 3 is 0.833 bits per heavy atom. The van der Waals surface area contributed by atoms with E-state index in [-0.39, 0.29) is 0 Å². The lowest BCUT2D eigenvalue weighted by atomic mass is 9.95. The van der Waals surface area contributed by atoms with E-state index in [2.05, 4.69) is 299 Å². The third kappa shape index (κ3) is 14.9. The zero-order chi connectivity index (χ0) is 98.8. The van der Waals surface area contributed by atoms with E-state index < -0.39 is 0 Å². The van der Waals surface area contributed by atoms with Gasteiger partial charge in [0.05, 0.1) is 49.3 Å². The molecule has 31 aromatic rings. The van der Waals surface area contributed by atoms with E-state index in [0.29, 0.717) is 52.8 Å². The van der Waals surface area contributed by atoms with E-state index >= 15 is 0 Å². The predicted octanol–water partition coefficient (Wildman–Crippen LogP) is 34.7. The molecule has 22 aromatic carbocycles. The van der Waals surface area contributed by atoms with Crippen LogP contribution in [0.25, 0.3) is 294 Å². The first-order valence-electron chi connectivity index (χ1n) is 50.2. The van der Waals surface area contributed by atoms with E-state index in [4.69, 9.17) is 58.1 Å². The lowest BCUT2D eigenvalue weighted by Crippen LogP contribution is -2.06. The van der Waals surface area contributed by atoms with E-state index in [1.807, 2.05) is 212 Å². The fraction of sp³-hybridized carbons (Fsp3) is 0. The highest BCUT2D eigenvalue weighted by atomic mass is 16.3. The minimum absolute atomic E-state index is 0.543. The van der Waals surface area contributed by atoms with Gasteiger partial charge in [-0.2, -0.15) is 29.9 Å². The molecule has 0 saturated heterocycles. The molecule has 150 heavy (non-hydrogen) atoms. The topological polar surface area (TPSA) is 170 Å². The summed E-state index contributed by atoms with van der Waals surface area (Å²) in [6.07, 6.45) is 0. The molecule has 15 heteroatoms. The molecule has 0 aliphatic rings. The summed E-state index contributed by atoms with van der Waals surface area (Å²) >= 11 is 0. The summed E-state index contributed by atoms with van der Waals surface area (Å²) in [5.41, 5.74) is 25.2. The molecule has 15 nitrogen and oxygen atoms in total. The van der Waals surface area contributed by atoms with Gasteiger partial charge in [-0.05, 0) is 190 Å². The van der Waals surface area contributed by atoms with Crippen LogP contribution >= 0.6 is 0 Å². The van der Waals surface area contributed by atoms with Crippen molar-refractivity contribution >= 4 is 164 Å². The zero-order valence-electron chi connectivity index (χ0n) is 80.4. The molecular formula is C135H82N12O3. The van der Waals surface area contributed by atoms with Gasteiger partial charge < -0.3 is 13.3 Å². The summed E-state index contributed by atoms with van der Waals surface area (Å²) in [7, 11) is 0. The van der Waals surface area contributed by atoms with Crippen LogP contribution in [0.5, 0.6) is 0 Å². The second-order valence-electron chi connectivity index (χ2n) is 37.8. The molecule has 0 unspecified atom stereocenters. The average Bonchev–Trinajstić information content (AvgIpc) is 1.56. The predicted molar refractivity (Wildman–Crippen MR) is 611 cm³/mol. The number of nitrogens with zero attached hydrogens (tertiary/aromatic N) is 12. The Hall–Kier alpha value is -20.6. The first-order valence-corrected chi connectivity index (χ1v) is 50.2. The van der Waals surface area contributed by atoms with Gasteiger partial charge in [-0.1, -0.05) is 400 Å². The van der Waals surface area contributed by atoms with Crippen LogP contribution in [-0.4, -0.2) is 58.6 Å². The highest BCUT2D eigenvalue weighted by Gasteiger charge is 2.30. The Labute approximate surface area is 857 Å². The molecule has 0 saturated carbocycles. The quantitative estimate of drug-likeness (QED) is 0.107. The van der Waals surface area contributed by atoms with Crippen molar-refractivity contribution < 1.29 is 13.3 Å². The molecule has 9 aromatic heterocycles. The molecule has 0 fully saturated rings. The van der Waals surface area contributed by atoms with E-state index in [9.17, 15) is 0 Å². The van der Waals surface area contributed by atoms with Crippen LogP contribution in [0.15, 0.2) is 511 Å². The van der Waals surface area contributed by atoms with Crippen molar-refractivity contribution in [2.45, 2.75) is 0 Å². The van der Waals surface area contributed by atoms with Crippen LogP contribution in [-0.2, 0) is 0 Å². The largest absolute Gasteiger partial charge is 0.456 e. The van der Waals surface area contributed by atoms with Crippen molar-refractivity contribution in [3.8, 4) is 131 Å². The molecule has 31 rings (SSSR count). The van der Waals surface area contributed by atoms with Crippen molar-refractivity contribution in [3.63, 3.8) is 0 Å². The molecule has 700 valence electrons. The van der Waals surface area contributed by atoms with Crippen molar-refractivity contribution in [1.29, 1.82) is 0 Å². The van der Waals surface area contributed by atoms with Crippen molar-refractivity contribution in [2.24, 2.45) is 0 Å². The fourth-order valence-corrected chi connectivity index (χ4v) is 22.0. The number of fused-ring (bicyclic) bond motifs is 9. The van der Waals surface area contributed by atoms with Gasteiger partial charge in [-0.25, -0.2) is 15.0 Å². The molecule has 0 amide bonds. The first kappa shape index (κ1) is 86.2. The number of rotatable bonds is 13. The monoisotopic (exact) mass is 1920 g/mol. The maximum Gasteiger partial charge on any atom is 0.238 e. The lowest BCUT2D eigenvalue weighted by Gasteiger charge is -2.13. The van der Waals surface area contributed by atoms with E-state index in [1.54, 1.807) is 0 Å². The van der Waals surface area contributed by atoms with Crippen molar-refractivity contribution in [3.05, 3.63) is 497 Å². The zero-order valence-corrected chi connectivity index (χ0v) is 80.4. The molecule has 0 radical (unpaired) electrons. The SMILES string of the molecule is c1ccc(-c2nc(-c3ccccc3)nc(-n3c4cc(-c5ccc6ccccc6c5)cc5oc6ccccc6c6cccc3c6c54)n2)cc1.c1ccc(-c2nc(-c3ccccc3)nc(-n3c4cc(-c5cccc(-c6ccc7ccccc7c6)c5)cc5oc6ccccc6c6cccc3c6c54)n2)cc1.c1ccc(-c2nc(-c3ccccc3)nc(-n3c4cccc5oc6ccccc6c6cc(-c7cccc8ccccc78)cc3c6c54)n2)cc1. The Bertz CT molecular complexity index is 10600. The van der Waals surface area contributed by atoms with Crippen LogP contribution in [0.1, 0.15) is 0 Å². The first-order chi connectivity index (χ1) is 74.3. The van der Waals surface area contributed by atoms with E-state index in [1.165, 1.54) is 37.9 Å². The molecule has 0 spiro atoms. The second kappa shape index (κ2) is 35.8. The summed E-state index contributed by atoms with van der Waals surface area (Å²) in [5, 5.41) is 20.1. The van der Waals surface area contributed by atoms with Gasteiger partial charge in [0.1, 0.15) is 33.5 Å². The molecule has 9 heterocycles. The van der Waals surface area contributed by atoms with Crippen molar-refractivity contribution in [1.82, 2.24) is 58.6 Å². The number of para-hydroxylation sites is 3. The summed E-state index contributed by atoms with van der Waals surface area (Å²) in [5.74, 6) is 5.33. The number of hydrogen-bond acceptors (Lipinski definition) is 12. The standard InChI is InChI=1S/C49H30N4O.2C43H26N4O/c1-3-14-32(15-4-1)47-50-48(33-16-5-2-6-17-33)52-49(51-47)53-41-23-12-22-40-39-21-9-10-24-43(39)54-44-30-38(29-42(53)46(44)45(40)41)36-20-11-19-35(28-36)37-26-25-31-13-7-8-18-34(31)27-37;1-3-14-28(15-4-1)41-44-42(29-16-5-2-6-17-29)46-43(45-41)47-35-22-12-24-38-40(35)39-34(33-20-9-10-23-37(33)48-38)25-30(26-36(39)47)32-21-11-18-27-13-7-8-19-31(27)32;1-3-13-28(14-4-1)41-44-42(29-15-5-2-6-16-29)46-43(45-41)47-35-20-11-19-34-33-18-9-10-21-37(33)48-38-26-32(25-36(47)40(38)39(34)35)31-23-22-27-12-7-8-17-30(27)24-31/h1-30H;2*1-26H. The lowest BCUT2D eigenvalue weighted by molar-refractivity contribution is 0.663. The third-order valence-electron chi connectivity index (χ3n) is 28.9. The molecular weight excluding hydrogens is 1840 g/mol. The molecule has 0 aliphatic carbocycles. The fourth-order valence-electron chi connectivity index (χ4n) is 22.0. The summed E-state index contributed by atoms with van der Waals surface area (Å²) in [6.45, 7) is 0. The third-order valence-corrected chi connectivity index (χ3v) is 28.9. The van der Waals surface area contributed by atoms with Crippen molar-refractivity contribution in [2.75, 3.05) is 0 Å². The Kier molecular flexibility index (Phi) is 20.6. The molecule has 0 bridgehead atoms. The molecule has 0 N–H and O–H groups in total. The summed E-state index contributed by atoms with van der Waals surface area (Å²) in [4.78, 5) is 46.0. The number of hydrogen-bond donors (Lipinski definition) is 0. The summed E-state index contributed by atoms with van der Waals surface area (Å²) in [6, 6.07) is 172. The second-order valence-corrected chi connectivity index (χ2v) is 37.8. The molecule has 0 atom stereocenters. The van der Waals surface area contributed by atoms with Crippen LogP contribution in [0.4, 0.5) is 0 Å². The summed E-state index contributed by atoms with van der Waals surface area (Å²) < 4.78 is 27.0. The Morgan fingerprint density at radius 2 is 0.407 bits per heavy atom. The number of aromatic nitrogens is 12. The Morgan fingerprint density at radius 1 is 0.133 bits per heavy atom. The van der Waals surface area contributed by atoms with Crippen LogP contribution < -0.4 is 0 Å². The highest BCUT2D eigenvalue weighted by Crippen LogP contribution is 2.49. The van der Waals surface area contributed by atoms with Crippen LogP contribution in [0.2, 0.25) is 0 Å². The Balaban J connectivity index is 0.000000106. The highest BCUT2D eigenvalue weighted by molar-refractivity contribution is 6.31. The van der Waals surface area contributed by atoms with Gasteiger partial charge in [0.25, 0.3) is 0 Å². The number of benzene rings is 22. The van der Waals surface area contributed by atoms with Crippen LogP contribution in [0, 0.1) is 0 Å². The smallest absolute Gasteiger partial charge is 0.238 e.